The van der Waals surface area contributed by atoms with Gasteiger partial charge >= 0.3 is 12.1 Å². The molecule has 0 aliphatic carbocycles. The Morgan fingerprint density at radius 3 is 2.48 bits per heavy atom. The molecule has 31 heavy (non-hydrogen) atoms. The first-order chi connectivity index (χ1) is 14.7. The van der Waals surface area contributed by atoms with E-state index in [0.29, 0.717) is 17.9 Å². The van der Waals surface area contributed by atoms with Crippen LogP contribution in [0, 0.1) is 0 Å². The molecule has 3 aromatic rings. The van der Waals surface area contributed by atoms with Gasteiger partial charge in [0.1, 0.15) is 11.6 Å². The monoisotopic (exact) mass is 424 g/mol. The van der Waals surface area contributed by atoms with Crippen LogP contribution in [0.4, 0.5) is 16.3 Å². The van der Waals surface area contributed by atoms with Crippen molar-refractivity contribution in [2.45, 2.75) is 38.8 Å². The highest BCUT2D eigenvalue weighted by Gasteiger charge is 2.27. The molecule has 0 aliphatic heterocycles. The van der Waals surface area contributed by atoms with E-state index in [1.165, 1.54) is 7.11 Å². The predicted molar refractivity (Wildman–Crippen MR) is 120 cm³/mol. The Morgan fingerprint density at radius 1 is 1.13 bits per heavy atom. The van der Waals surface area contributed by atoms with Gasteiger partial charge in [-0.3, -0.25) is 10.00 Å². The molecule has 8 heteroatoms. The number of aromatic nitrogens is 2. The molecule has 3 rings (SSSR count). The number of esters is 1. The van der Waals surface area contributed by atoms with Crippen LogP contribution < -0.4 is 10.6 Å². The lowest BCUT2D eigenvalue weighted by molar-refractivity contribution is -0.155. The molecule has 164 valence electrons. The van der Waals surface area contributed by atoms with Crippen molar-refractivity contribution in [3.05, 3.63) is 54.1 Å². The van der Waals surface area contributed by atoms with Gasteiger partial charge in [-0.1, -0.05) is 30.3 Å². The fraction of sp³-hybridized carbons (Fsp3) is 0.348. The van der Waals surface area contributed by atoms with Gasteiger partial charge in [0, 0.05) is 24.5 Å². The van der Waals surface area contributed by atoms with Crippen LogP contribution in [0.5, 0.6) is 0 Å². The second-order valence-electron chi connectivity index (χ2n) is 8.24. The highest BCUT2D eigenvalue weighted by atomic mass is 16.6. The number of rotatable bonds is 6. The van der Waals surface area contributed by atoms with E-state index in [4.69, 9.17) is 4.74 Å². The molecule has 0 bridgehead atoms. The summed E-state index contributed by atoms with van der Waals surface area (Å²) in [5.41, 5.74) is 1.78. The summed E-state index contributed by atoms with van der Waals surface area (Å²) in [5.74, 6) is 0.216. The third kappa shape index (κ3) is 5.75. The number of hydrogen-bond acceptors (Lipinski definition) is 6. The molecule has 0 spiro atoms. The molecule has 2 aromatic carbocycles. The summed E-state index contributed by atoms with van der Waals surface area (Å²) in [4.78, 5) is 24.4. The first-order valence-corrected chi connectivity index (χ1v) is 10.0. The van der Waals surface area contributed by atoms with Gasteiger partial charge < -0.3 is 14.8 Å². The number of ether oxygens (including phenoxy) is 2. The Kier molecular flexibility index (Phi) is 6.48. The number of carbonyl (C=O) groups excluding carboxylic acids is 2. The molecule has 1 unspecified atom stereocenters. The Bertz CT molecular complexity index is 1070. The van der Waals surface area contributed by atoms with Gasteiger partial charge in [-0.25, -0.2) is 9.59 Å². The van der Waals surface area contributed by atoms with E-state index >= 15 is 0 Å². The topological polar surface area (TPSA) is 94.5 Å². The number of benzene rings is 2. The van der Waals surface area contributed by atoms with Crippen LogP contribution >= 0.6 is 0 Å². The average Bonchev–Trinajstić information content (AvgIpc) is 3.02. The molecule has 0 saturated carbocycles. The molecule has 2 N–H and O–H groups in total. The maximum absolute atomic E-state index is 12.9. The number of hydrogen-bond donors (Lipinski definition) is 2. The lowest BCUT2D eigenvalue weighted by Crippen LogP contribution is -2.38. The summed E-state index contributed by atoms with van der Waals surface area (Å²) < 4.78 is 12.0. The summed E-state index contributed by atoms with van der Waals surface area (Å²) in [6.07, 6.45) is -0.0942. The number of aryl methyl sites for hydroxylation is 1. The number of amides is 1. The van der Waals surface area contributed by atoms with Crippen LogP contribution in [0.1, 0.15) is 26.3 Å². The van der Waals surface area contributed by atoms with Crippen LogP contribution in [0.3, 0.4) is 0 Å². The van der Waals surface area contributed by atoms with E-state index in [-0.39, 0.29) is 5.97 Å². The Labute approximate surface area is 181 Å². The van der Waals surface area contributed by atoms with Crippen LogP contribution in [0.25, 0.3) is 10.9 Å². The van der Waals surface area contributed by atoms with E-state index in [0.717, 1.165) is 16.5 Å². The first kappa shape index (κ1) is 22.1. The SMILES string of the molecule is COC(=O)Nc1ccc2c(NC(Cc3ccccc3)C(=O)OC(C)(C)C)nn(C)c2c1. The largest absolute Gasteiger partial charge is 0.458 e. The van der Waals surface area contributed by atoms with Crippen molar-refractivity contribution in [2.75, 3.05) is 17.7 Å². The highest BCUT2D eigenvalue weighted by Crippen LogP contribution is 2.27. The number of nitrogens with one attached hydrogen (secondary N) is 2. The zero-order chi connectivity index (χ0) is 22.6. The van der Waals surface area contributed by atoms with Crippen LogP contribution in [-0.4, -0.2) is 40.6 Å². The Hall–Kier alpha value is -3.55. The standard InChI is InChI=1S/C23H28N4O4/c1-23(2,3)31-21(28)18(13-15-9-7-6-8-10-15)25-20-17-12-11-16(24-22(29)30-5)14-19(17)27(4)26-20/h6-12,14,18H,13H2,1-5H3,(H,24,29)(H,25,26). The van der Waals surface area contributed by atoms with Gasteiger partial charge in [-0.2, -0.15) is 5.10 Å². The van der Waals surface area contributed by atoms with Crippen LogP contribution in [0.15, 0.2) is 48.5 Å². The molecule has 0 fully saturated rings. The van der Waals surface area contributed by atoms with Gasteiger partial charge in [0.15, 0.2) is 5.82 Å². The maximum Gasteiger partial charge on any atom is 0.411 e. The summed E-state index contributed by atoms with van der Waals surface area (Å²) in [7, 11) is 3.11. The smallest absolute Gasteiger partial charge is 0.411 e. The number of anilines is 2. The lowest BCUT2D eigenvalue weighted by Gasteiger charge is -2.24. The second-order valence-corrected chi connectivity index (χ2v) is 8.24. The Morgan fingerprint density at radius 2 is 1.84 bits per heavy atom. The average molecular weight is 425 g/mol. The minimum Gasteiger partial charge on any atom is -0.458 e. The molecule has 0 radical (unpaired) electrons. The quantitative estimate of drug-likeness (QED) is 0.578. The first-order valence-electron chi connectivity index (χ1n) is 10.0. The van der Waals surface area contributed by atoms with Crippen LogP contribution in [-0.2, 0) is 27.7 Å². The zero-order valence-corrected chi connectivity index (χ0v) is 18.4. The van der Waals surface area contributed by atoms with E-state index in [1.807, 2.05) is 57.2 Å². The van der Waals surface area contributed by atoms with Crippen LogP contribution in [0.2, 0.25) is 0 Å². The van der Waals surface area contributed by atoms with Gasteiger partial charge in [0.25, 0.3) is 0 Å². The van der Waals surface area contributed by atoms with E-state index in [1.54, 1.807) is 23.9 Å². The van der Waals surface area contributed by atoms with Gasteiger partial charge in [-0.15, -0.1) is 0 Å². The minimum atomic E-state index is -0.618. The molecule has 0 aliphatic rings. The number of fused-ring (bicyclic) bond motifs is 1. The third-order valence-corrected chi connectivity index (χ3v) is 4.57. The van der Waals surface area contributed by atoms with Gasteiger partial charge in [-0.05, 0) is 44.5 Å². The summed E-state index contributed by atoms with van der Waals surface area (Å²) in [6, 6.07) is 14.5. The number of nitrogens with zero attached hydrogens (tertiary/aromatic N) is 2. The maximum atomic E-state index is 12.9. The van der Waals surface area contributed by atoms with Gasteiger partial charge in [0.05, 0.1) is 12.6 Å². The van der Waals surface area contributed by atoms with Crippen molar-refractivity contribution in [3.63, 3.8) is 0 Å². The Balaban J connectivity index is 1.90. The van der Waals surface area contributed by atoms with E-state index in [2.05, 4.69) is 20.5 Å². The van der Waals surface area contributed by atoms with Crippen molar-refractivity contribution < 1.29 is 19.1 Å². The molecule has 1 atom stereocenters. The lowest BCUT2D eigenvalue weighted by atomic mass is 10.1. The highest BCUT2D eigenvalue weighted by molar-refractivity contribution is 5.96. The third-order valence-electron chi connectivity index (χ3n) is 4.57. The zero-order valence-electron chi connectivity index (χ0n) is 18.4. The van der Waals surface area contributed by atoms with Crippen molar-refractivity contribution in [1.29, 1.82) is 0 Å². The second kappa shape index (κ2) is 9.07. The molecule has 1 aromatic heterocycles. The molecule has 1 amide bonds. The summed E-state index contributed by atoms with van der Waals surface area (Å²) in [6.45, 7) is 5.53. The summed E-state index contributed by atoms with van der Waals surface area (Å²) >= 11 is 0. The molecule has 0 saturated heterocycles. The van der Waals surface area contributed by atoms with Crippen molar-refractivity contribution >= 4 is 34.5 Å². The fourth-order valence-corrected chi connectivity index (χ4v) is 3.19. The molecular formula is C23H28N4O4. The van der Waals surface area contributed by atoms with Crippen molar-refractivity contribution in [3.8, 4) is 0 Å². The van der Waals surface area contributed by atoms with Gasteiger partial charge in [0.2, 0.25) is 0 Å². The van der Waals surface area contributed by atoms with Crippen molar-refractivity contribution in [2.24, 2.45) is 7.05 Å². The number of methoxy groups -OCH3 is 1. The number of carbonyl (C=O) groups is 2. The van der Waals surface area contributed by atoms with E-state index < -0.39 is 17.7 Å². The molecule has 1 heterocycles. The normalized spacial score (nSPS) is 12.3. The summed E-state index contributed by atoms with van der Waals surface area (Å²) in [5, 5.41) is 11.3. The van der Waals surface area contributed by atoms with Crippen molar-refractivity contribution in [1.82, 2.24) is 9.78 Å². The molecular weight excluding hydrogens is 396 g/mol. The minimum absolute atomic E-state index is 0.348. The van der Waals surface area contributed by atoms with E-state index in [9.17, 15) is 9.59 Å². The fourth-order valence-electron chi connectivity index (χ4n) is 3.19. The molecule has 8 nitrogen and oxygen atoms in total. The predicted octanol–water partition coefficient (Wildman–Crippen LogP) is 4.12.